The topological polar surface area (TPSA) is 45.7 Å². The Morgan fingerprint density at radius 2 is 2.00 bits per heavy atom. The molecule has 0 heterocycles. The molecule has 1 aliphatic carbocycles. The second-order valence-electron chi connectivity index (χ2n) is 5.57. The summed E-state index contributed by atoms with van der Waals surface area (Å²) in [5.74, 6) is 0.486. The Bertz CT molecular complexity index is 479. The van der Waals surface area contributed by atoms with Crippen molar-refractivity contribution in [2.24, 2.45) is 4.99 Å². The summed E-state index contributed by atoms with van der Waals surface area (Å²) in [6.07, 6.45) is 6.43. The fourth-order valence-corrected chi connectivity index (χ4v) is 2.63. The lowest BCUT2D eigenvalue weighted by Crippen LogP contribution is -2.37. The van der Waals surface area contributed by atoms with Crippen LogP contribution in [0.4, 0.5) is 4.39 Å². The smallest absolute Gasteiger partial charge is 0.191 e. The molecule has 0 amide bonds. The van der Waals surface area contributed by atoms with E-state index in [-0.39, 0.29) is 29.8 Å². The van der Waals surface area contributed by atoms with Gasteiger partial charge in [-0.05, 0) is 25.3 Å². The van der Waals surface area contributed by atoms with Gasteiger partial charge in [0.15, 0.2) is 5.96 Å². The first kappa shape index (κ1) is 20.2. The van der Waals surface area contributed by atoms with Crippen LogP contribution in [-0.2, 0) is 11.3 Å². The summed E-state index contributed by atoms with van der Waals surface area (Å²) < 4.78 is 19.3. The summed E-state index contributed by atoms with van der Waals surface area (Å²) in [6.45, 7) is 2.00. The van der Waals surface area contributed by atoms with Crippen LogP contribution >= 0.6 is 24.0 Å². The first-order valence-corrected chi connectivity index (χ1v) is 8.09. The highest BCUT2D eigenvalue weighted by atomic mass is 127. The minimum atomic E-state index is -0.199. The first-order valence-electron chi connectivity index (χ1n) is 8.09. The minimum absolute atomic E-state index is 0. The molecule has 0 radical (unpaired) electrons. The average Bonchev–Trinajstić information content (AvgIpc) is 3.05. The van der Waals surface area contributed by atoms with Crippen molar-refractivity contribution < 1.29 is 9.13 Å². The van der Waals surface area contributed by atoms with Gasteiger partial charge >= 0.3 is 0 Å². The van der Waals surface area contributed by atoms with Gasteiger partial charge in [0, 0.05) is 32.3 Å². The number of halogens is 2. The monoisotopic (exact) mass is 435 g/mol. The molecule has 0 spiro atoms. The second kappa shape index (κ2) is 11.6. The number of hydrogen-bond acceptors (Lipinski definition) is 2. The summed E-state index contributed by atoms with van der Waals surface area (Å²) in [4.78, 5) is 4.14. The predicted octanol–water partition coefficient (Wildman–Crippen LogP) is 3.46. The van der Waals surface area contributed by atoms with Crippen molar-refractivity contribution in [3.63, 3.8) is 0 Å². The maximum atomic E-state index is 13.5. The molecule has 2 N–H and O–H groups in total. The molecule has 1 saturated carbocycles. The Kier molecular flexibility index (Phi) is 10.2. The third-order valence-electron chi connectivity index (χ3n) is 3.90. The van der Waals surface area contributed by atoms with E-state index < -0.39 is 0 Å². The molecule has 0 atom stereocenters. The number of nitrogens with zero attached hydrogens (tertiary/aromatic N) is 1. The quantitative estimate of drug-likeness (QED) is 0.299. The van der Waals surface area contributed by atoms with E-state index >= 15 is 0 Å². The molecule has 1 aromatic carbocycles. The molecule has 1 aromatic rings. The molecule has 0 bridgehead atoms. The molecular weight excluding hydrogens is 408 g/mol. The highest BCUT2D eigenvalue weighted by Crippen LogP contribution is 2.20. The Morgan fingerprint density at radius 3 is 2.70 bits per heavy atom. The van der Waals surface area contributed by atoms with Crippen LogP contribution < -0.4 is 10.6 Å². The highest BCUT2D eigenvalue weighted by molar-refractivity contribution is 14.0. The van der Waals surface area contributed by atoms with Crippen LogP contribution in [0, 0.1) is 5.82 Å². The Labute approximate surface area is 155 Å². The third-order valence-corrected chi connectivity index (χ3v) is 3.90. The van der Waals surface area contributed by atoms with Gasteiger partial charge in [-0.2, -0.15) is 0 Å². The van der Waals surface area contributed by atoms with Gasteiger partial charge in [-0.15, -0.1) is 24.0 Å². The van der Waals surface area contributed by atoms with Gasteiger partial charge in [-0.3, -0.25) is 4.99 Å². The third kappa shape index (κ3) is 7.48. The molecule has 4 nitrogen and oxygen atoms in total. The molecule has 23 heavy (non-hydrogen) atoms. The van der Waals surface area contributed by atoms with Gasteiger partial charge in [0.2, 0.25) is 0 Å². The molecule has 0 saturated heterocycles. The number of hydrogen-bond donors (Lipinski definition) is 2. The van der Waals surface area contributed by atoms with Gasteiger partial charge in [0.05, 0.1) is 6.10 Å². The minimum Gasteiger partial charge on any atom is -0.378 e. The molecule has 0 aromatic heterocycles. The van der Waals surface area contributed by atoms with Crippen molar-refractivity contribution in [3.8, 4) is 0 Å². The second-order valence-corrected chi connectivity index (χ2v) is 5.57. The van der Waals surface area contributed by atoms with E-state index in [2.05, 4.69) is 15.6 Å². The first-order chi connectivity index (χ1) is 10.8. The fourth-order valence-electron chi connectivity index (χ4n) is 2.63. The van der Waals surface area contributed by atoms with Crippen LogP contribution in [0.5, 0.6) is 0 Å². The van der Waals surface area contributed by atoms with Crippen molar-refractivity contribution in [3.05, 3.63) is 35.6 Å². The number of ether oxygens (including phenoxy) is 1. The van der Waals surface area contributed by atoms with E-state index in [1.165, 1.54) is 31.7 Å². The van der Waals surface area contributed by atoms with E-state index in [9.17, 15) is 4.39 Å². The van der Waals surface area contributed by atoms with Crippen LogP contribution in [0.15, 0.2) is 29.3 Å². The fraction of sp³-hybridized carbons (Fsp3) is 0.588. The van der Waals surface area contributed by atoms with Crippen molar-refractivity contribution in [1.29, 1.82) is 0 Å². The molecule has 1 aliphatic rings. The molecule has 1 fully saturated rings. The Balaban J connectivity index is 0.00000264. The lowest BCUT2D eigenvalue weighted by atomic mass is 10.2. The molecule has 2 rings (SSSR count). The van der Waals surface area contributed by atoms with Crippen LogP contribution in [0.1, 0.15) is 37.7 Å². The lowest BCUT2D eigenvalue weighted by molar-refractivity contribution is 0.0574. The number of benzene rings is 1. The number of guanidine groups is 1. The van der Waals surface area contributed by atoms with Gasteiger partial charge in [0.25, 0.3) is 0 Å². The molecule has 0 aliphatic heterocycles. The summed E-state index contributed by atoms with van der Waals surface area (Å²) in [7, 11) is 1.71. The molecule has 6 heteroatoms. The normalized spacial score (nSPS) is 15.3. The lowest BCUT2D eigenvalue weighted by Gasteiger charge is -2.14. The van der Waals surface area contributed by atoms with Crippen LogP contribution in [-0.4, -0.2) is 32.3 Å². The van der Waals surface area contributed by atoms with Crippen LogP contribution in [0.3, 0.4) is 0 Å². The van der Waals surface area contributed by atoms with Crippen molar-refractivity contribution >= 4 is 29.9 Å². The van der Waals surface area contributed by atoms with Crippen molar-refractivity contribution in [2.45, 2.75) is 44.8 Å². The van der Waals surface area contributed by atoms with Crippen LogP contribution in [0.25, 0.3) is 0 Å². The van der Waals surface area contributed by atoms with Crippen molar-refractivity contribution in [2.75, 3.05) is 20.2 Å². The number of rotatable bonds is 7. The summed E-state index contributed by atoms with van der Waals surface area (Å²) in [5.41, 5.74) is 0.634. The van der Waals surface area contributed by atoms with E-state index in [1.54, 1.807) is 19.2 Å². The molecular formula is C17H27FIN3O. The summed E-state index contributed by atoms with van der Waals surface area (Å²) >= 11 is 0. The van der Waals surface area contributed by atoms with E-state index in [0.29, 0.717) is 24.2 Å². The van der Waals surface area contributed by atoms with Gasteiger partial charge < -0.3 is 15.4 Å². The Morgan fingerprint density at radius 1 is 1.26 bits per heavy atom. The zero-order valence-electron chi connectivity index (χ0n) is 13.7. The SMILES string of the molecule is CN=C(NCCCOC1CCCC1)NCc1ccccc1F.I. The highest BCUT2D eigenvalue weighted by Gasteiger charge is 2.14. The maximum Gasteiger partial charge on any atom is 0.191 e. The average molecular weight is 435 g/mol. The van der Waals surface area contributed by atoms with Gasteiger partial charge in [0.1, 0.15) is 5.82 Å². The Hall–Kier alpha value is -0.890. The summed E-state index contributed by atoms with van der Waals surface area (Å²) in [6, 6.07) is 6.76. The summed E-state index contributed by atoms with van der Waals surface area (Å²) in [5, 5.41) is 6.34. The maximum absolute atomic E-state index is 13.5. The molecule has 130 valence electrons. The predicted molar refractivity (Wildman–Crippen MR) is 103 cm³/mol. The molecule has 0 unspecified atom stereocenters. The zero-order valence-corrected chi connectivity index (χ0v) is 16.0. The van der Waals surface area contributed by atoms with E-state index in [0.717, 1.165) is 19.6 Å². The largest absolute Gasteiger partial charge is 0.378 e. The van der Waals surface area contributed by atoms with Crippen LogP contribution in [0.2, 0.25) is 0 Å². The van der Waals surface area contributed by atoms with Gasteiger partial charge in [-0.25, -0.2) is 4.39 Å². The number of nitrogens with one attached hydrogen (secondary N) is 2. The standard InChI is InChI=1S/C17H26FN3O.HI/c1-19-17(21-13-14-7-2-5-10-16(14)18)20-11-6-12-22-15-8-3-4-9-15;/h2,5,7,10,15H,3-4,6,8-9,11-13H2,1H3,(H2,19,20,21);1H. The number of aliphatic imine (C=N–C) groups is 1. The zero-order chi connectivity index (χ0) is 15.6. The van der Waals surface area contributed by atoms with E-state index in [1.807, 2.05) is 6.07 Å². The van der Waals surface area contributed by atoms with Gasteiger partial charge in [-0.1, -0.05) is 31.0 Å². The van der Waals surface area contributed by atoms with E-state index in [4.69, 9.17) is 4.74 Å². The van der Waals surface area contributed by atoms with Crippen molar-refractivity contribution in [1.82, 2.24) is 10.6 Å².